The Morgan fingerprint density at radius 2 is 1.71 bits per heavy atom. The molecule has 0 saturated carbocycles. The highest BCUT2D eigenvalue weighted by Crippen LogP contribution is 2.39. The van der Waals surface area contributed by atoms with E-state index < -0.39 is 0 Å². The van der Waals surface area contributed by atoms with Crippen LogP contribution in [0.3, 0.4) is 0 Å². The standard InChI is InChI=1S/C17H26N2O2/c1-20-14-11-8-12-15(21-2)16(14)17(19-18)13-9-6-4-3-5-7-10-13/h8-9,11-12,17,19H,3-7,10,18H2,1-2H3/b13-9+. The van der Waals surface area contributed by atoms with Crippen molar-refractivity contribution in [2.45, 2.75) is 44.6 Å². The zero-order valence-corrected chi connectivity index (χ0v) is 13.0. The highest BCUT2D eigenvalue weighted by molar-refractivity contribution is 5.50. The Balaban J connectivity index is 2.40. The third kappa shape index (κ3) is 3.77. The van der Waals surface area contributed by atoms with E-state index >= 15 is 0 Å². The molecular weight excluding hydrogens is 264 g/mol. The summed E-state index contributed by atoms with van der Waals surface area (Å²) in [6, 6.07) is 5.77. The molecule has 3 N–H and O–H groups in total. The molecule has 0 aromatic heterocycles. The summed E-state index contributed by atoms with van der Waals surface area (Å²) in [5.41, 5.74) is 5.27. The van der Waals surface area contributed by atoms with E-state index in [1.54, 1.807) is 14.2 Å². The average molecular weight is 290 g/mol. The van der Waals surface area contributed by atoms with E-state index in [1.807, 2.05) is 18.2 Å². The van der Waals surface area contributed by atoms with Gasteiger partial charge in [0.2, 0.25) is 0 Å². The number of allylic oxidation sites excluding steroid dienone is 1. The predicted molar refractivity (Wildman–Crippen MR) is 85.4 cm³/mol. The normalized spacial score (nSPS) is 19.9. The molecule has 2 rings (SSSR count). The molecule has 1 aromatic rings. The Morgan fingerprint density at radius 1 is 1.05 bits per heavy atom. The van der Waals surface area contributed by atoms with Crippen LogP contribution in [-0.2, 0) is 0 Å². The van der Waals surface area contributed by atoms with Crippen molar-refractivity contribution in [1.29, 1.82) is 0 Å². The van der Waals surface area contributed by atoms with Gasteiger partial charge in [-0.05, 0) is 37.8 Å². The third-order valence-electron chi connectivity index (χ3n) is 4.12. The Kier molecular flexibility index (Phi) is 6.08. The number of hydrogen-bond acceptors (Lipinski definition) is 4. The van der Waals surface area contributed by atoms with Crippen LogP contribution in [0.25, 0.3) is 0 Å². The second-order valence-electron chi connectivity index (χ2n) is 5.41. The van der Waals surface area contributed by atoms with Gasteiger partial charge in [0.05, 0.1) is 25.8 Å². The quantitative estimate of drug-likeness (QED) is 0.495. The number of ether oxygens (including phenoxy) is 2. The third-order valence-corrected chi connectivity index (χ3v) is 4.12. The van der Waals surface area contributed by atoms with Gasteiger partial charge in [0.1, 0.15) is 11.5 Å². The summed E-state index contributed by atoms with van der Waals surface area (Å²) in [5.74, 6) is 7.48. The van der Waals surface area contributed by atoms with Gasteiger partial charge in [-0.1, -0.05) is 30.6 Å². The van der Waals surface area contributed by atoms with Gasteiger partial charge in [0.25, 0.3) is 0 Å². The summed E-state index contributed by atoms with van der Waals surface area (Å²) in [7, 11) is 3.36. The molecule has 0 spiro atoms. The largest absolute Gasteiger partial charge is 0.496 e. The van der Waals surface area contributed by atoms with E-state index in [2.05, 4.69) is 11.5 Å². The molecule has 1 unspecified atom stereocenters. The van der Waals surface area contributed by atoms with Crippen LogP contribution in [0, 0.1) is 0 Å². The van der Waals surface area contributed by atoms with Crippen molar-refractivity contribution < 1.29 is 9.47 Å². The summed E-state index contributed by atoms with van der Waals surface area (Å²) >= 11 is 0. The Hall–Kier alpha value is -1.52. The minimum absolute atomic E-state index is 0.0609. The zero-order valence-electron chi connectivity index (χ0n) is 13.0. The molecule has 1 aliphatic carbocycles. The van der Waals surface area contributed by atoms with Crippen LogP contribution in [0.5, 0.6) is 11.5 Å². The van der Waals surface area contributed by atoms with Crippen LogP contribution in [0.15, 0.2) is 29.8 Å². The van der Waals surface area contributed by atoms with E-state index in [4.69, 9.17) is 15.3 Å². The Bertz CT molecular complexity index is 463. The summed E-state index contributed by atoms with van der Waals surface area (Å²) in [4.78, 5) is 0. The fraction of sp³-hybridized carbons (Fsp3) is 0.529. The first-order chi connectivity index (χ1) is 10.3. The van der Waals surface area contributed by atoms with Gasteiger partial charge in [-0.25, -0.2) is 5.43 Å². The van der Waals surface area contributed by atoms with Gasteiger partial charge in [-0.15, -0.1) is 0 Å². The lowest BCUT2D eigenvalue weighted by Crippen LogP contribution is -2.30. The zero-order chi connectivity index (χ0) is 15.1. The van der Waals surface area contributed by atoms with Gasteiger partial charge < -0.3 is 9.47 Å². The number of hydrazine groups is 1. The number of rotatable bonds is 5. The van der Waals surface area contributed by atoms with Crippen molar-refractivity contribution in [3.05, 3.63) is 35.4 Å². The number of nitrogens with one attached hydrogen (secondary N) is 1. The second kappa shape index (κ2) is 8.05. The van der Waals surface area contributed by atoms with Crippen molar-refractivity contribution in [3.8, 4) is 11.5 Å². The lowest BCUT2D eigenvalue weighted by Gasteiger charge is -2.25. The maximum Gasteiger partial charge on any atom is 0.127 e. The highest BCUT2D eigenvalue weighted by atomic mass is 16.5. The second-order valence-corrected chi connectivity index (χ2v) is 5.41. The fourth-order valence-corrected chi connectivity index (χ4v) is 3.02. The monoisotopic (exact) mass is 290 g/mol. The number of hydrogen-bond donors (Lipinski definition) is 2. The molecule has 0 radical (unpaired) electrons. The van der Waals surface area contributed by atoms with E-state index in [0.29, 0.717) is 0 Å². The SMILES string of the molecule is COc1cccc(OC)c1C(NN)/C1=C/CCCCCC1. The first-order valence-corrected chi connectivity index (χ1v) is 7.67. The fourth-order valence-electron chi connectivity index (χ4n) is 3.02. The summed E-state index contributed by atoms with van der Waals surface area (Å²) in [6.45, 7) is 0. The predicted octanol–water partition coefficient (Wildman–Crippen LogP) is 3.49. The molecule has 4 nitrogen and oxygen atoms in total. The number of benzene rings is 1. The smallest absolute Gasteiger partial charge is 0.127 e. The maximum absolute atomic E-state index is 5.87. The molecule has 0 fully saturated rings. The van der Waals surface area contributed by atoms with Crippen molar-refractivity contribution in [3.63, 3.8) is 0 Å². The van der Waals surface area contributed by atoms with Crippen LogP contribution >= 0.6 is 0 Å². The summed E-state index contributed by atoms with van der Waals surface area (Å²) < 4.78 is 11.0. The lowest BCUT2D eigenvalue weighted by atomic mass is 9.90. The molecule has 0 heterocycles. The molecule has 0 saturated heterocycles. The topological polar surface area (TPSA) is 56.5 Å². The van der Waals surface area contributed by atoms with Crippen molar-refractivity contribution in [2.24, 2.45) is 5.84 Å². The molecule has 4 heteroatoms. The molecular formula is C17H26N2O2. The molecule has 21 heavy (non-hydrogen) atoms. The first-order valence-electron chi connectivity index (χ1n) is 7.67. The van der Waals surface area contributed by atoms with E-state index in [0.717, 1.165) is 29.9 Å². The van der Waals surface area contributed by atoms with Crippen molar-refractivity contribution in [2.75, 3.05) is 14.2 Å². The maximum atomic E-state index is 5.87. The summed E-state index contributed by atoms with van der Waals surface area (Å²) in [5, 5.41) is 0. The molecule has 0 bridgehead atoms. The molecule has 1 atom stereocenters. The van der Waals surface area contributed by atoms with Gasteiger partial charge >= 0.3 is 0 Å². The van der Waals surface area contributed by atoms with Crippen molar-refractivity contribution in [1.82, 2.24) is 5.43 Å². The first kappa shape index (κ1) is 15.9. The van der Waals surface area contributed by atoms with Crippen LogP contribution in [0.2, 0.25) is 0 Å². The van der Waals surface area contributed by atoms with E-state index in [-0.39, 0.29) is 6.04 Å². The lowest BCUT2D eigenvalue weighted by molar-refractivity contribution is 0.375. The molecule has 116 valence electrons. The van der Waals surface area contributed by atoms with Crippen LogP contribution in [0.1, 0.15) is 50.1 Å². The highest BCUT2D eigenvalue weighted by Gasteiger charge is 2.23. The van der Waals surface area contributed by atoms with Gasteiger partial charge in [0, 0.05) is 0 Å². The number of methoxy groups -OCH3 is 2. The molecule has 0 amide bonds. The van der Waals surface area contributed by atoms with Gasteiger partial charge in [-0.3, -0.25) is 5.84 Å². The molecule has 0 aliphatic heterocycles. The molecule has 1 aliphatic rings. The van der Waals surface area contributed by atoms with Crippen LogP contribution < -0.4 is 20.7 Å². The van der Waals surface area contributed by atoms with Gasteiger partial charge in [0.15, 0.2) is 0 Å². The average Bonchev–Trinajstić information content (AvgIpc) is 2.49. The minimum atomic E-state index is -0.0609. The van der Waals surface area contributed by atoms with E-state index in [1.165, 1.54) is 31.3 Å². The van der Waals surface area contributed by atoms with E-state index in [9.17, 15) is 0 Å². The Morgan fingerprint density at radius 3 is 2.33 bits per heavy atom. The van der Waals surface area contributed by atoms with Crippen molar-refractivity contribution >= 4 is 0 Å². The number of nitrogens with two attached hydrogens (primary N) is 1. The van der Waals surface area contributed by atoms with Crippen LogP contribution in [-0.4, -0.2) is 14.2 Å². The summed E-state index contributed by atoms with van der Waals surface area (Å²) in [6.07, 6.45) is 9.59. The van der Waals surface area contributed by atoms with Crippen LogP contribution in [0.4, 0.5) is 0 Å². The molecule has 1 aromatic carbocycles. The minimum Gasteiger partial charge on any atom is -0.496 e. The Labute approximate surface area is 127 Å². The van der Waals surface area contributed by atoms with Gasteiger partial charge in [-0.2, -0.15) is 0 Å².